The first-order chi connectivity index (χ1) is 13.7. The van der Waals surface area contributed by atoms with Gasteiger partial charge >= 0.3 is 5.97 Å². The van der Waals surface area contributed by atoms with E-state index in [0.717, 1.165) is 23.3 Å². The third-order valence-corrected chi connectivity index (χ3v) is 4.57. The Morgan fingerprint density at radius 1 is 1.11 bits per heavy atom. The van der Waals surface area contributed by atoms with Gasteiger partial charge in [0.05, 0.1) is 32.3 Å². The number of nitrogens with zero attached hydrogens (tertiary/aromatic N) is 1. The summed E-state index contributed by atoms with van der Waals surface area (Å²) in [5.74, 6) is 0.358. The molecule has 0 radical (unpaired) electrons. The Kier molecular flexibility index (Phi) is 7.03. The fourth-order valence-corrected chi connectivity index (χ4v) is 3.33. The minimum absolute atomic E-state index is 0.0700. The molecule has 3 rings (SSSR count). The second-order valence-corrected chi connectivity index (χ2v) is 6.73. The first kappa shape index (κ1) is 19.9. The van der Waals surface area contributed by atoms with Gasteiger partial charge in [-0.15, -0.1) is 0 Å². The molecule has 0 saturated heterocycles. The second-order valence-electron chi connectivity index (χ2n) is 6.73. The molecule has 0 fully saturated rings. The van der Waals surface area contributed by atoms with Gasteiger partial charge in [-0.2, -0.15) is 0 Å². The summed E-state index contributed by atoms with van der Waals surface area (Å²) in [5.41, 5.74) is 2.03. The number of benzene rings is 2. The van der Waals surface area contributed by atoms with Crippen LogP contribution in [0.4, 0.5) is 0 Å². The van der Waals surface area contributed by atoms with Crippen LogP contribution < -0.4 is 10.1 Å². The second kappa shape index (κ2) is 9.90. The van der Waals surface area contributed by atoms with E-state index in [1.165, 1.54) is 0 Å². The first-order valence-electron chi connectivity index (χ1n) is 9.58. The number of nitrogens with one attached hydrogen (secondary N) is 1. The summed E-state index contributed by atoms with van der Waals surface area (Å²) in [6.45, 7) is 3.35. The van der Waals surface area contributed by atoms with Crippen LogP contribution in [-0.2, 0) is 20.9 Å². The highest BCUT2D eigenvalue weighted by molar-refractivity contribution is 5.80. The number of carbonyl (C=O) groups excluding carboxylic acids is 2. The van der Waals surface area contributed by atoms with Crippen molar-refractivity contribution in [3.05, 3.63) is 65.7 Å². The Morgan fingerprint density at radius 2 is 1.86 bits per heavy atom. The standard InChI is InChI=1S/C22H26N2O4/c1-2-27-22(26)16-24(14-17-8-4-3-5-9-17)15-21(25)23-19-12-13-28-20-11-7-6-10-18(19)20/h3-11,19H,2,12-16H2,1H3,(H,23,25). The van der Waals surface area contributed by atoms with Crippen molar-refractivity contribution in [1.29, 1.82) is 0 Å². The highest BCUT2D eigenvalue weighted by Gasteiger charge is 2.24. The number of rotatable bonds is 8. The third-order valence-electron chi connectivity index (χ3n) is 4.57. The zero-order valence-corrected chi connectivity index (χ0v) is 16.1. The molecule has 1 N–H and O–H groups in total. The summed E-state index contributed by atoms with van der Waals surface area (Å²) < 4.78 is 10.7. The van der Waals surface area contributed by atoms with Crippen LogP contribution in [0.15, 0.2) is 54.6 Å². The number of hydrogen-bond acceptors (Lipinski definition) is 5. The molecule has 0 bridgehead atoms. The van der Waals surface area contributed by atoms with Crippen LogP contribution in [0.25, 0.3) is 0 Å². The summed E-state index contributed by atoms with van der Waals surface area (Å²) in [4.78, 5) is 26.5. The summed E-state index contributed by atoms with van der Waals surface area (Å²) in [6.07, 6.45) is 0.722. The van der Waals surface area contributed by atoms with Gasteiger partial charge in [-0.05, 0) is 18.6 Å². The SMILES string of the molecule is CCOC(=O)CN(CC(=O)NC1CCOc2ccccc21)Cc1ccccc1. The van der Waals surface area contributed by atoms with E-state index in [-0.39, 0.29) is 31.0 Å². The van der Waals surface area contributed by atoms with E-state index < -0.39 is 0 Å². The molecule has 148 valence electrons. The molecule has 0 spiro atoms. The molecule has 2 aromatic carbocycles. The van der Waals surface area contributed by atoms with Crippen molar-refractivity contribution >= 4 is 11.9 Å². The van der Waals surface area contributed by atoms with Gasteiger partial charge in [0.25, 0.3) is 0 Å². The van der Waals surface area contributed by atoms with Crippen molar-refractivity contribution in [3.8, 4) is 5.75 Å². The summed E-state index contributed by atoms with van der Waals surface area (Å²) in [5, 5.41) is 3.08. The molecule has 0 saturated carbocycles. The van der Waals surface area contributed by atoms with E-state index in [1.807, 2.05) is 54.6 Å². The van der Waals surface area contributed by atoms with Gasteiger partial charge in [0, 0.05) is 18.5 Å². The average molecular weight is 382 g/mol. The van der Waals surface area contributed by atoms with Gasteiger partial charge in [-0.3, -0.25) is 14.5 Å². The van der Waals surface area contributed by atoms with Crippen molar-refractivity contribution in [3.63, 3.8) is 0 Å². The summed E-state index contributed by atoms with van der Waals surface area (Å²) in [7, 11) is 0. The molecule has 6 nitrogen and oxygen atoms in total. The number of amides is 1. The zero-order chi connectivity index (χ0) is 19.8. The minimum atomic E-state index is -0.331. The number of esters is 1. The number of fused-ring (bicyclic) bond motifs is 1. The van der Waals surface area contributed by atoms with Gasteiger partial charge < -0.3 is 14.8 Å². The molecule has 1 atom stereocenters. The lowest BCUT2D eigenvalue weighted by Gasteiger charge is -2.28. The summed E-state index contributed by atoms with van der Waals surface area (Å²) in [6, 6.07) is 17.4. The third kappa shape index (κ3) is 5.57. The highest BCUT2D eigenvalue weighted by Crippen LogP contribution is 2.31. The van der Waals surface area contributed by atoms with Crippen molar-refractivity contribution in [2.24, 2.45) is 0 Å². The maximum absolute atomic E-state index is 12.7. The van der Waals surface area contributed by atoms with E-state index >= 15 is 0 Å². The average Bonchev–Trinajstić information content (AvgIpc) is 2.69. The van der Waals surface area contributed by atoms with Gasteiger partial charge in [0.1, 0.15) is 5.75 Å². The lowest BCUT2D eigenvalue weighted by Crippen LogP contribution is -2.42. The Morgan fingerprint density at radius 3 is 2.64 bits per heavy atom. The summed E-state index contributed by atoms with van der Waals surface area (Å²) >= 11 is 0. The molecule has 1 amide bonds. The van der Waals surface area contributed by atoms with Gasteiger partial charge in [-0.25, -0.2) is 0 Å². The lowest BCUT2D eigenvalue weighted by molar-refractivity contribution is -0.144. The minimum Gasteiger partial charge on any atom is -0.493 e. The number of carbonyl (C=O) groups is 2. The molecule has 0 aromatic heterocycles. The van der Waals surface area contributed by atoms with Crippen LogP contribution in [0, 0.1) is 0 Å². The predicted molar refractivity (Wildman–Crippen MR) is 106 cm³/mol. The normalized spacial score (nSPS) is 15.4. The van der Waals surface area contributed by atoms with Gasteiger partial charge in [0.15, 0.2) is 0 Å². The molecular weight excluding hydrogens is 356 g/mol. The van der Waals surface area contributed by atoms with Crippen LogP contribution >= 0.6 is 0 Å². The zero-order valence-electron chi connectivity index (χ0n) is 16.1. The fraction of sp³-hybridized carbons (Fsp3) is 0.364. The van der Waals surface area contributed by atoms with E-state index in [0.29, 0.717) is 19.8 Å². The molecule has 1 aliphatic heterocycles. The predicted octanol–water partition coefficient (Wildman–Crippen LogP) is 2.69. The molecule has 1 aliphatic rings. The maximum Gasteiger partial charge on any atom is 0.320 e. The monoisotopic (exact) mass is 382 g/mol. The highest BCUT2D eigenvalue weighted by atomic mass is 16.5. The van der Waals surface area contributed by atoms with Gasteiger partial charge in [-0.1, -0.05) is 48.5 Å². The van der Waals surface area contributed by atoms with E-state index in [4.69, 9.17) is 9.47 Å². The van der Waals surface area contributed by atoms with Crippen LogP contribution in [0.2, 0.25) is 0 Å². The van der Waals surface area contributed by atoms with Crippen LogP contribution in [0.3, 0.4) is 0 Å². The van der Waals surface area contributed by atoms with E-state index in [2.05, 4.69) is 5.32 Å². The Balaban J connectivity index is 1.64. The maximum atomic E-state index is 12.7. The van der Waals surface area contributed by atoms with Crippen LogP contribution in [0.5, 0.6) is 5.75 Å². The molecule has 28 heavy (non-hydrogen) atoms. The molecule has 1 unspecified atom stereocenters. The lowest BCUT2D eigenvalue weighted by atomic mass is 10.0. The van der Waals surface area contributed by atoms with Crippen molar-refractivity contribution in [2.45, 2.75) is 25.9 Å². The topological polar surface area (TPSA) is 67.9 Å². The Bertz CT molecular complexity index is 794. The smallest absolute Gasteiger partial charge is 0.320 e. The Labute approximate surface area is 165 Å². The van der Waals surface area contributed by atoms with E-state index in [1.54, 1.807) is 11.8 Å². The number of hydrogen-bond donors (Lipinski definition) is 1. The Hall–Kier alpha value is -2.86. The molecule has 2 aromatic rings. The van der Waals surface area contributed by atoms with Crippen LogP contribution in [-0.4, -0.2) is 43.1 Å². The first-order valence-corrected chi connectivity index (χ1v) is 9.58. The largest absolute Gasteiger partial charge is 0.493 e. The van der Waals surface area contributed by atoms with Crippen molar-refractivity contribution in [2.75, 3.05) is 26.3 Å². The molecular formula is C22H26N2O4. The quantitative estimate of drug-likeness (QED) is 0.711. The van der Waals surface area contributed by atoms with Gasteiger partial charge in [0.2, 0.25) is 5.91 Å². The van der Waals surface area contributed by atoms with Crippen molar-refractivity contribution in [1.82, 2.24) is 10.2 Å². The fourth-order valence-electron chi connectivity index (χ4n) is 3.33. The molecule has 6 heteroatoms. The van der Waals surface area contributed by atoms with Crippen LogP contribution in [0.1, 0.15) is 30.5 Å². The number of para-hydroxylation sites is 1. The molecule has 0 aliphatic carbocycles. The molecule has 1 heterocycles. The number of ether oxygens (including phenoxy) is 2. The van der Waals surface area contributed by atoms with E-state index in [9.17, 15) is 9.59 Å². The van der Waals surface area contributed by atoms with Crippen molar-refractivity contribution < 1.29 is 19.1 Å².